The highest BCUT2D eigenvalue weighted by Crippen LogP contribution is 2.36. The number of para-hydroxylation sites is 2. The number of hydrogen-bond donors (Lipinski definition) is 1. The van der Waals surface area contributed by atoms with E-state index in [1.807, 2.05) is 0 Å². The Hall–Kier alpha value is -1.18. The maximum absolute atomic E-state index is 3.57. The van der Waals surface area contributed by atoms with Crippen LogP contribution in [0.25, 0.3) is 0 Å². The number of unbranched alkanes of at least 4 members (excludes halogenated alkanes) is 1. The largest absolute Gasteiger partial charge is 0.381 e. The summed E-state index contributed by atoms with van der Waals surface area (Å²) < 4.78 is 0. The third kappa shape index (κ3) is 3.59. The first-order chi connectivity index (χ1) is 10.8. The molecular formula is C20H32N2. The molecule has 3 rings (SSSR count). The molecule has 0 saturated heterocycles. The molecule has 1 heterocycles. The monoisotopic (exact) mass is 300 g/mol. The second-order valence-electron chi connectivity index (χ2n) is 7.43. The van der Waals surface area contributed by atoms with Crippen molar-refractivity contribution >= 4 is 11.4 Å². The van der Waals surface area contributed by atoms with Crippen LogP contribution in [0.5, 0.6) is 0 Å². The number of hydrogen-bond acceptors (Lipinski definition) is 2. The van der Waals surface area contributed by atoms with Crippen LogP contribution in [0.1, 0.15) is 58.8 Å². The van der Waals surface area contributed by atoms with Gasteiger partial charge in [0.15, 0.2) is 0 Å². The van der Waals surface area contributed by atoms with E-state index in [0.29, 0.717) is 6.04 Å². The zero-order valence-electron chi connectivity index (χ0n) is 14.4. The van der Waals surface area contributed by atoms with E-state index < -0.39 is 0 Å². The lowest BCUT2D eigenvalue weighted by atomic mass is 9.79. The first-order valence-corrected chi connectivity index (χ1v) is 9.37. The SMILES string of the molecule is CCCCC1CCC(CN2c3ccccc3NCC2C)CC1. The molecule has 1 aromatic rings. The van der Waals surface area contributed by atoms with Crippen LogP contribution in [-0.4, -0.2) is 19.1 Å². The lowest BCUT2D eigenvalue weighted by Gasteiger charge is -2.41. The van der Waals surface area contributed by atoms with Gasteiger partial charge in [0.1, 0.15) is 0 Å². The van der Waals surface area contributed by atoms with Crippen LogP contribution in [0, 0.1) is 11.8 Å². The molecular weight excluding hydrogens is 268 g/mol. The van der Waals surface area contributed by atoms with E-state index in [-0.39, 0.29) is 0 Å². The number of nitrogens with zero attached hydrogens (tertiary/aromatic N) is 1. The summed E-state index contributed by atoms with van der Waals surface area (Å²) in [6, 6.07) is 9.42. The molecule has 1 aliphatic heterocycles. The fraction of sp³-hybridized carbons (Fsp3) is 0.700. The van der Waals surface area contributed by atoms with Gasteiger partial charge in [-0.05, 0) is 43.7 Å². The number of rotatable bonds is 5. The van der Waals surface area contributed by atoms with Gasteiger partial charge in [-0.15, -0.1) is 0 Å². The van der Waals surface area contributed by atoms with Gasteiger partial charge in [-0.25, -0.2) is 0 Å². The van der Waals surface area contributed by atoms with Gasteiger partial charge in [-0.2, -0.15) is 0 Å². The molecule has 1 N–H and O–H groups in total. The van der Waals surface area contributed by atoms with Crippen molar-refractivity contribution < 1.29 is 0 Å². The lowest BCUT2D eigenvalue weighted by Crippen LogP contribution is -2.45. The Balaban J connectivity index is 1.57. The number of nitrogens with one attached hydrogen (secondary N) is 1. The third-order valence-corrected chi connectivity index (χ3v) is 5.72. The van der Waals surface area contributed by atoms with Gasteiger partial charge >= 0.3 is 0 Å². The Morgan fingerprint density at radius 1 is 1.09 bits per heavy atom. The molecule has 0 aromatic heterocycles. The second kappa shape index (κ2) is 7.39. The summed E-state index contributed by atoms with van der Waals surface area (Å²) in [4.78, 5) is 2.66. The molecule has 1 fully saturated rings. The van der Waals surface area contributed by atoms with Crippen LogP contribution in [0.4, 0.5) is 11.4 Å². The van der Waals surface area contributed by atoms with Crippen LogP contribution in [0.2, 0.25) is 0 Å². The minimum Gasteiger partial charge on any atom is -0.381 e. The van der Waals surface area contributed by atoms with E-state index in [1.165, 1.54) is 62.9 Å². The highest BCUT2D eigenvalue weighted by Gasteiger charge is 2.27. The van der Waals surface area contributed by atoms with E-state index in [2.05, 4.69) is 48.3 Å². The summed E-state index contributed by atoms with van der Waals surface area (Å²) in [5, 5.41) is 3.57. The average molecular weight is 300 g/mol. The van der Waals surface area contributed by atoms with Crippen molar-refractivity contribution in [1.82, 2.24) is 0 Å². The Kier molecular flexibility index (Phi) is 5.28. The Morgan fingerprint density at radius 2 is 1.82 bits per heavy atom. The molecule has 0 amide bonds. The van der Waals surface area contributed by atoms with Gasteiger partial charge < -0.3 is 10.2 Å². The quantitative estimate of drug-likeness (QED) is 0.793. The normalized spacial score (nSPS) is 28.1. The molecule has 0 spiro atoms. The molecule has 2 heteroatoms. The van der Waals surface area contributed by atoms with Gasteiger partial charge in [0, 0.05) is 19.1 Å². The maximum Gasteiger partial charge on any atom is 0.0605 e. The zero-order chi connectivity index (χ0) is 15.4. The molecule has 2 nitrogen and oxygen atoms in total. The number of anilines is 2. The fourth-order valence-electron chi connectivity index (χ4n) is 4.23. The molecule has 1 aliphatic carbocycles. The Bertz CT molecular complexity index is 463. The highest BCUT2D eigenvalue weighted by molar-refractivity contribution is 5.72. The van der Waals surface area contributed by atoms with E-state index in [0.717, 1.165) is 18.4 Å². The molecule has 1 aromatic carbocycles. The predicted octanol–water partition coefficient (Wildman–Crippen LogP) is 5.30. The van der Waals surface area contributed by atoms with Crippen LogP contribution in [0.3, 0.4) is 0 Å². The van der Waals surface area contributed by atoms with Crippen molar-refractivity contribution in [3.8, 4) is 0 Å². The molecule has 0 bridgehead atoms. The molecule has 1 saturated carbocycles. The summed E-state index contributed by atoms with van der Waals surface area (Å²) in [6.45, 7) is 6.99. The van der Waals surface area contributed by atoms with Crippen molar-refractivity contribution in [3.05, 3.63) is 24.3 Å². The first kappa shape index (κ1) is 15.7. The maximum atomic E-state index is 3.57. The molecule has 22 heavy (non-hydrogen) atoms. The van der Waals surface area contributed by atoms with Gasteiger partial charge in [-0.1, -0.05) is 51.2 Å². The summed E-state index contributed by atoms with van der Waals surface area (Å²) in [7, 11) is 0. The third-order valence-electron chi connectivity index (χ3n) is 5.72. The van der Waals surface area contributed by atoms with E-state index >= 15 is 0 Å². The second-order valence-corrected chi connectivity index (χ2v) is 7.43. The molecule has 1 atom stereocenters. The van der Waals surface area contributed by atoms with Crippen molar-refractivity contribution in [3.63, 3.8) is 0 Å². The predicted molar refractivity (Wildman–Crippen MR) is 96.7 cm³/mol. The van der Waals surface area contributed by atoms with Gasteiger partial charge in [0.25, 0.3) is 0 Å². The first-order valence-electron chi connectivity index (χ1n) is 9.37. The van der Waals surface area contributed by atoms with E-state index in [1.54, 1.807) is 0 Å². The van der Waals surface area contributed by atoms with Crippen molar-refractivity contribution in [2.75, 3.05) is 23.3 Å². The van der Waals surface area contributed by atoms with Gasteiger partial charge in [-0.3, -0.25) is 0 Å². The molecule has 1 unspecified atom stereocenters. The van der Waals surface area contributed by atoms with Crippen molar-refractivity contribution in [1.29, 1.82) is 0 Å². The van der Waals surface area contributed by atoms with Crippen LogP contribution in [0.15, 0.2) is 24.3 Å². The summed E-state index contributed by atoms with van der Waals surface area (Å²) in [5.41, 5.74) is 2.73. The lowest BCUT2D eigenvalue weighted by molar-refractivity contribution is 0.258. The molecule has 2 aliphatic rings. The minimum absolute atomic E-state index is 0.604. The zero-order valence-corrected chi connectivity index (χ0v) is 14.4. The van der Waals surface area contributed by atoms with E-state index in [4.69, 9.17) is 0 Å². The topological polar surface area (TPSA) is 15.3 Å². The standard InChI is InChI=1S/C20H32N2/c1-3-4-7-17-10-12-18(13-11-17)15-22-16(2)14-21-19-8-5-6-9-20(19)22/h5-6,8-9,16-18,21H,3-4,7,10-15H2,1-2H3. The van der Waals surface area contributed by atoms with Gasteiger partial charge in [0.2, 0.25) is 0 Å². The van der Waals surface area contributed by atoms with Crippen LogP contribution < -0.4 is 10.2 Å². The summed E-state index contributed by atoms with van der Waals surface area (Å²) in [6.07, 6.45) is 10.1. The number of fused-ring (bicyclic) bond motifs is 1. The molecule has 0 radical (unpaired) electrons. The Morgan fingerprint density at radius 3 is 2.59 bits per heavy atom. The fourth-order valence-corrected chi connectivity index (χ4v) is 4.23. The van der Waals surface area contributed by atoms with Crippen molar-refractivity contribution in [2.24, 2.45) is 11.8 Å². The number of benzene rings is 1. The average Bonchev–Trinajstić information content (AvgIpc) is 2.57. The summed E-state index contributed by atoms with van der Waals surface area (Å²) in [5.74, 6) is 1.91. The van der Waals surface area contributed by atoms with Crippen LogP contribution >= 0.6 is 0 Å². The van der Waals surface area contributed by atoms with Crippen LogP contribution in [-0.2, 0) is 0 Å². The Labute approximate surface area is 136 Å². The smallest absolute Gasteiger partial charge is 0.0605 e. The van der Waals surface area contributed by atoms with Crippen molar-refractivity contribution in [2.45, 2.75) is 64.8 Å². The summed E-state index contributed by atoms with van der Waals surface area (Å²) >= 11 is 0. The molecule has 122 valence electrons. The van der Waals surface area contributed by atoms with E-state index in [9.17, 15) is 0 Å². The van der Waals surface area contributed by atoms with Gasteiger partial charge in [0.05, 0.1) is 11.4 Å². The highest BCUT2D eigenvalue weighted by atomic mass is 15.2. The minimum atomic E-state index is 0.604.